The van der Waals surface area contributed by atoms with E-state index in [4.69, 9.17) is 18.9 Å². The maximum Gasteiger partial charge on any atom is 0.203 e. The van der Waals surface area contributed by atoms with Crippen LogP contribution < -0.4 is 19.5 Å². The molecule has 0 saturated carbocycles. The minimum Gasteiger partial charge on any atom is -0.493 e. The molecule has 0 spiro atoms. The fourth-order valence-corrected chi connectivity index (χ4v) is 3.62. The third-order valence-corrected chi connectivity index (χ3v) is 5.13. The SMILES string of the molecule is COc1cc(CNCC(c2ccc(F)cc2)N2CCOCC2)cc(OC)c1OC. The molecule has 1 unspecified atom stereocenters. The van der Waals surface area contributed by atoms with Crippen LogP contribution in [-0.2, 0) is 11.3 Å². The van der Waals surface area contributed by atoms with Gasteiger partial charge in [-0.3, -0.25) is 4.90 Å². The summed E-state index contributed by atoms with van der Waals surface area (Å²) in [5.74, 6) is 1.62. The number of benzene rings is 2. The lowest BCUT2D eigenvalue weighted by molar-refractivity contribution is 0.0161. The number of halogens is 1. The molecule has 0 aliphatic carbocycles. The Labute approximate surface area is 171 Å². The minimum absolute atomic E-state index is 0.140. The molecule has 1 fully saturated rings. The van der Waals surface area contributed by atoms with Gasteiger partial charge in [-0.05, 0) is 35.4 Å². The molecule has 0 radical (unpaired) electrons. The first kappa shape index (κ1) is 21.4. The summed E-state index contributed by atoms with van der Waals surface area (Å²) in [5, 5.41) is 3.52. The van der Waals surface area contributed by atoms with Gasteiger partial charge < -0.3 is 24.3 Å². The number of hydrogen-bond acceptors (Lipinski definition) is 6. The fraction of sp³-hybridized carbons (Fsp3) is 0.455. The first-order chi connectivity index (χ1) is 14.2. The van der Waals surface area contributed by atoms with Crippen LogP contribution in [-0.4, -0.2) is 59.1 Å². The van der Waals surface area contributed by atoms with Crippen LogP contribution in [0.25, 0.3) is 0 Å². The van der Waals surface area contributed by atoms with Gasteiger partial charge in [0, 0.05) is 32.2 Å². The molecule has 0 aromatic heterocycles. The monoisotopic (exact) mass is 404 g/mol. The number of rotatable bonds is 9. The van der Waals surface area contributed by atoms with Crippen molar-refractivity contribution in [1.82, 2.24) is 10.2 Å². The van der Waals surface area contributed by atoms with Crippen molar-refractivity contribution < 1.29 is 23.3 Å². The average Bonchev–Trinajstić information content (AvgIpc) is 2.77. The Morgan fingerprint density at radius 1 is 1.00 bits per heavy atom. The van der Waals surface area contributed by atoms with E-state index in [-0.39, 0.29) is 11.9 Å². The van der Waals surface area contributed by atoms with Crippen LogP contribution in [0.4, 0.5) is 4.39 Å². The van der Waals surface area contributed by atoms with Crippen LogP contribution in [0.3, 0.4) is 0 Å². The van der Waals surface area contributed by atoms with Crippen molar-refractivity contribution in [2.75, 3.05) is 54.2 Å². The van der Waals surface area contributed by atoms with Crippen LogP contribution in [0.1, 0.15) is 17.2 Å². The van der Waals surface area contributed by atoms with Crippen LogP contribution >= 0.6 is 0 Å². The Bertz CT molecular complexity index is 754. The first-order valence-corrected chi connectivity index (χ1v) is 9.73. The Morgan fingerprint density at radius 3 is 2.17 bits per heavy atom. The Balaban J connectivity index is 1.72. The lowest BCUT2D eigenvalue weighted by Gasteiger charge is -2.35. The highest BCUT2D eigenvalue weighted by atomic mass is 19.1. The lowest BCUT2D eigenvalue weighted by atomic mass is 10.0. The van der Waals surface area contributed by atoms with Crippen molar-refractivity contribution in [3.8, 4) is 17.2 Å². The van der Waals surface area contributed by atoms with Crippen molar-refractivity contribution in [1.29, 1.82) is 0 Å². The molecule has 3 rings (SSSR count). The molecule has 2 aromatic rings. The van der Waals surface area contributed by atoms with Gasteiger partial charge in [0.1, 0.15) is 5.82 Å². The molecule has 2 aromatic carbocycles. The van der Waals surface area contributed by atoms with E-state index in [0.717, 1.165) is 30.8 Å². The van der Waals surface area contributed by atoms with Crippen molar-refractivity contribution in [2.24, 2.45) is 0 Å². The highest BCUT2D eigenvalue weighted by Gasteiger charge is 2.22. The Morgan fingerprint density at radius 2 is 1.62 bits per heavy atom. The van der Waals surface area contributed by atoms with Gasteiger partial charge in [-0.1, -0.05) is 12.1 Å². The zero-order chi connectivity index (χ0) is 20.6. The number of nitrogens with one attached hydrogen (secondary N) is 1. The molecule has 1 N–H and O–H groups in total. The average molecular weight is 404 g/mol. The third-order valence-electron chi connectivity index (χ3n) is 5.13. The van der Waals surface area contributed by atoms with E-state index in [2.05, 4.69) is 10.2 Å². The number of morpholine rings is 1. The molecule has 7 heteroatoms. The fourth-order valence-electron chi connectivity index (χ4n) is 3.62. The van der Waals surface area contributed by atoms with Crippen molar-refractivity contribution in [3.63, 3.8) is 0 Å². The van der Waals surface area contributed by atoms with Gasteiger partial charge in [-0.25, -0.2) is 4.39 Å². The maximum atomic E-state index is 13.4. The molecule has 29 heavy (non-hydrogen) atoms. The largest absolute Gasteiger partial charge is 0.493 e. The molecule has 1 heterocycles. The summed E-state index contributed by atoms with van der Waals surface area (Å²) in [6.45, 7) is 4.50. The molecule has 0 bridgehead atoms. The van der Waals surface area contributed by atoms with Gasteiger partial charge in [-0.15, -0.1) is 0 Å². The normalized spacial score (nSPS) is 15.7. The highest BCUT2D eigenvalue weighted by Crippen LogP contribution is 2.38. The predicted molar refractivity (Wildman–Crippen MR) is 109 cm³/mol. The predicted octanol–water partition coefficient (Wildman–Crippen LogP) is 3.01. The summed E-state index contributed by atoms with van der Waals surface area (Å²) >= 11 is 0. The number of methoxy groups -OCH3 is 3. The third kappa shape index (κ3) is 5.38. The molecular weight excluding hydrogens is 375 g/mol. The van der Waals surface area contributed by atoms with Crippen molar-refractivity contribution in [3.05, 3.63) is 53.3 Å². The standard InChI is InChI=1S/C22H29FN2O4/c1-26-20-12-16(13-21(27-2)22(20)28-3)14-24-15-19(25-8-10-29-11-9-25)17-4-6-18(23)7-5-17/h4-7,12-13,19,24H,8-11,14-15H2,1-3H3. The van der Waals surface area contributed by atoms with Gasteiger partial charge >= 0.3 is 0 Å². The second-order valence-corrected chi connectivity index (χ2v) is 6.88. The molecule has 1 saturated heterocycles. The van der Waals surface area contributed by atoms with E-state index in [0.29, 0.717) is 37.0 Å². The van der Waals surface area contributed by atoms with Gasteiger partial charge in [0.2, 0.25) is 5.75 Å². The second kappa shape index (κ2) is 10.4. The topological polar surface area (TPSA) is 52.2 Å². The van der Waals surface area contributed by atoms with Crippen LogP contribution in [0.15, 0.2) is 36.4 Å². The van der Waals surface area contributed by atoms with E-state index in [9.17, 15) is 4.39 Å². The zero-order valence-electron chi connectivity index (χ0n) is 17.2. The van der Waals surface area contributed by atoms with Crippen LogP contribution in [0.5, 0.6) is 17.2 Å². The van der Waals surface area contributed by atoms with Gasteiger partial charge in [-0.2, -0.15) is 0 Å². The highest BCUT2D eigenvalue weighted by molar-refractivity contribution is 5.53. The number of hydrogen-bond donors (Lipinski definition) is 1. The van der Waals surface area contributed by atoms with E-state index < -0.39 is 0 Å². The van der Waals surface area contributed by atoms with E-state index >= 15 is 0 Å². The molecule has 1 aliphatic rings. The number of nitrogens with zero attached hydrogens (tertiary/aromatic N) is 1. The first-order valence-electron chi connectivity index (χ1n) is 9.73. The quantitative estimate of drug-likeness (QED) is 0.694. The smallest absolute Gasteiger partial charge is 0.203 e. The van der Waals surface area contributed by atoms with Gasteiger partial charge in [0.05, 0.1) is 34.5 Å². The molecule has 0 amide bonds. The minimum atomic E-state index is -0.222. The maximum absolute atomic E-state index is 13.4. The summed E-state index contributed by atoms with van der Waals surface area (Å²) in [5.41, 5.74) is 2.12. The van der Waals surface area contributed by atoms with Crippen LogP contribution in [0, 0.1) is 5.82 Å². The molecule has 158 valence electrons. The summed E-state index contributed by atoms with van der Waals surface area (Å²) < 4.78 is 35.1. The van der Waals surface area contributed by atoms with Crippen LogP contribution in [0.2, 0.25) is 0 Å². The van der Waals surface area contributed by atoms with E-state index in [1.165, 1.54) is 12.1 Å². The van der Waals surface area contributed by atoms with E-state index in [1.807, 2.05) is 24.3 Å². The molecular formula is C22H29FN2O4. The summed E-state index contributed by atoms with van der Waals surface area (Å²) in [4.78, 5) is 2.37. The summed E-state index contributed by atoms with van der Waals surface area (Å²) in [6.07, 6.45) is 0. The van der Waals surface area contributed by atoms with E-state index in [1.54, 1.807) is 21.3 Å². The lowest BCUT2D eigenvalue weighted by Crippen LogP contribution is -2.42. The molecule has 6 nitrogen and oxygen atoms in total. The molecule has 1 atom stereocenters. The summed E-state index contributed by atoms with van der Waals surface area (Å²) in [6, 6.07) is 10.8. The van der Waals surface area contributed by atoms with Crippen molar-refractivity contribution >= 4 is 0 Å². The van der Waals surface area contributed by atoms with Crippen molar-refractivity contribution in [2.45, 2.75) is 12.6 Å². The Kier molecular flexibility index (Phi) is 7.69. The summed E-state index contributed by atoms with van der Waals surface area (Å²) in [7, 11) is 4.81. The van der Waals surface area contributed by atoms with Gasteiger partial charge in [0.25, 0.3) is 0 Å². The zero-order valence-corrected chi connectivity index (χ0v) is 17.2. The second-order valence-electron chi connectivity index (χ2n) is 6.88. The Hall–Kier alpha value is -2.35. The number of ether oxygens (including phenoxy) is 4. The van der Waals surface area contributed by atoms with Gasteiger partial charge in [0.15, 0.2) is 11.5 Å². The molecule has 1 aliphatic heterocycles.